The van der Waals surface area contributed by atoms with Crippen LogP contribution in [0.1, 0.15) is 18.4 Å². The van der Waals surface area contributed by atoms with Gasteiger partial charge in [-0.2, -0.15) is 0 Å². The van der Waals surface area contributed by atoms with Crippen molar-refractivity contribution in [2.24, 2.45) is 0 Å². The highest BCUT2D eigenvalue weighted by Crippen LogP contribution is 1.93. The highest BCUT2D eigenvalue weighted by Gasteiger charge is 1.78. The van der Waals surface area contributed by atoms with Gasteiger partial charge in [-0.05, 0) is 42.2 Å². The minimum absolute atomic E-state index is 0.177. The fourth-order valence-electron chi connectivity index (χ4n) is 0.962. The van der Waals surface area contributed by atoms with Crippen LogP contribution in [0.5, 0.6) is 0 Å². The van der Waals surface area contributed by atoms with Crippen molar-refractivity contribution >= 4 is 0 Å². The quantitative estimate of drug-likeness (QED) is 0.580. The summed E-state index contributed by atoms with van der Waals surface area (Å²) < 4.78 is 0. The molecule has 1 nitrogen and oxygen atoms in total. The van der Waals surface area contributed by atoms with Gasteiger partial charge >= 0.3 is 0 Å². The summed E-state index contributed by atoms with van der Waals surface area (Å²) in [6.07, 6.45) is 1.38. The average Bonchev–Trinajstić information content (AvgIpc) is 2.34. The highest BCUT2D eigenvalue weighted by atomic mass is 16.2. The van der Waals surface area contributed by atoms with Crippen LogP contribution in [0.3, 0.4) is 0 Å². The van der Waals surface area contributed by atoms with E-state index in [0.717, 1.165) is 5.56 Å². The van der Waals surface area contributed by atoms with Crippen molar-refractivity contribution in [3.8, 4) is 35.5 Å². The fraction of sp³-hybridized carbons (Fsp3) is 0.200. The molecule has 0 unspecified atom stereocenters. The van der Waals surface area contributed by atoms with E-state index in [-0.39, 0.29) is 6.61 Å². The van der Waals surface area contributed by atoms with Crippen molar-refractivity contribution < 1.29 is 5.11 Å². The van der Waals surface area contributed by atoms with Crippen molar-refractivity contribution in [2.45, 2.75) is 12.8 Å². The molecule has 0 aliphatic carbocycles. The Labute approximate surface area is 96.5 Å². The van der Waals surface area contributed by atoms with Crippen molar-refractivity contribution in [1.82, 2.24) is 0 Å². The molecule has 0 aliphatic rings. The lowest BCUT2D eigenvalue weighted by atomic mass is 10.2. The summed E-state index contributed by atoms with van der Waals surface area (Å²) >= 11 is 0. The van der Waals surface area contributed by atoms with Crippen LogP contribution in [0.2, 0.25) is 0 Å². The van der Waals surface area contributed by atoms with Gasteiger partial charge in [-0.15, -0.1) is 0 Å². The van der Waals surface area contributed by atoms with Gasteiger partial charge in [-0.1, -0.05) is 30.0 Å². The van der Waals surface area contributed by atoms with E-state index >= 15 is 0 Å². The minimum atomic E-state index is 0.177. The smallest absolute Gasteiger partial charge is 0.0440 e. The third-order valence-electron chi connectivity index (χ3n) is 1.72. The monoisotopic (exact) mass is 208 g/mol. The molecule has 16 heavy (non-hydrogen) atoms. The molecule has 1 aromatic carbocycles. The number of rotatable bonds is 2. The molecule has 0 bridgehead atoms. The molecule has 0 fully saturated rings. The first-order valence-corrected chi connectivity index (χ1v) is 5.08. The van der Waals surface area contributed by atoms with Crippen molar-refractivity contribution in [1.29, 1.82) is 0 Å². The maximum absolute atomic E-state index is 8.51. The number of aliphatic hydroxyl groups excluding tert-OH is 1. The van der Waals surface area contributed by atoms with E-state index in [0.29, 0.717) is 12.8 Å². The summed E-state index contributed by atoms with van der Waals surface area (Å²) in [4.78, 5) is 0. The molecule has 0 aliphatic heterocycles. The Bertz CT molecular complexity index is 481. The van der Waals surface area contributed by atoms with Gasteiger partial charge in [-0.25, -0.2) is 0 Å². The van der Waals surface area contributed by atoms with Crippen LogP contribution >= 0.6 is 0 Å². The predicted octanol–water partition coefficient (Wildman–Crippen LogP) is 1.82. The first-order chi connectivity index (χ1) is 7.93. The summed E-state index contributed by atoms with van der Waals surface area (Å²) in [6, 6.07) is 9.69. The number of hydrogen-bond donors (Lipinski definition) is 1. The molecule has 0 aromatic heterocycles. The minimum Gasteiger partial charge on any atom is -0.396 e. The lowest BCUT2D eigenvalue weighted by Crippen LogP contribution is -1.77. The fourth-order valence-corrected chi connectivity index (χ4v) is 0.962. The topological polar surface area (TPSA) is 20.2 Å². The van der Waals surface area contributed by atoms with Crippen LogP contribution in [0.25, 0.3) is 0 Å². The molecule has 1 N–H and O–H groups in total. The van der Waals surface area contributed by atoms with Crippen molar-refractivity contribution in [3.05, 3.63) is 35.9 Å². The molecular weight excluding hydrogens is 196 g/mol. The van der Waals surface area contributed by atoms with E-state index in [9.17, 15) is 0 Å². The second-order valence-corrected chi connectivity index (χ2v) is 2.99. The number of hydrogen-bond acceptors (Lipinski definition) is 1. The molecule has 0 saturated heterocycles. The molecule has 0 heterocycles. The molecule has 0 radical (unpaired) electrons. The van der Waals surface area contributed by atoms with Gasteiger partial charge in [0.15, 0.2) is 0 Å². The van der Waals surface area contributed by atoms with E-state index < -0.39 is 0 Å². The second-order valence-electron chi connectivity index (χ2n) is 2.99. The predicted molar refractivity (Wildman–Crippen MR) is 65.2 cm³/mol. The van der Waals surface area contributed by atoms with Crippen LogP contribution in [-0.2, 0) is 0 Å². The van der Waals surface area contributed by atoms with Gasteiger partial charge in [0, 0.05) is 18.6 Å². The zero-order valence-electron chi connectivity index (χ0n) is 8.96. The van der Waals surface area contributed by atoms with E-state index in [1.54, 1.807) is 0 Å². The van der Waals surface area contributed by atoms with E-state index in [2.05, 4.69) is 35.5 Å². The Hall–Kier alpha value is -2.14. The van der Waals surface area contributed by atoms with Gasteiger partial charge in [0.2, 0.25) is 0 Å². The Kier molecular flexibility index (Phi) is 6.11. The molecule has 0 saturated carbocycles. The summed E-state index contributed by atoms with van der Waals surface area (Å²) in [5, 5.41) is 8.51. The van der Waals surface area contributed by atoms with Gasteiger partial charge in [0.1, 0.15) is 0 Å². The van der Waals surface area contributed by atoms with Gasteiger partial charge in [0.05, 0.1) is 0 Å². The molecule has 1 rings (SSSR count). The van der Waals surface area contributed by atoms with Crippen molar-refractivity contribution in [2.75, 3.05) is 6.61 Å². The first kappa shape index (κ1) is 11.9. The van der Waals surface area contributed by atoms with E-state index in [1.165, 1.54) is 0 Å². The normalized spacial score (nSPS) is 7.56. The lowest BCUT2D eigenvalue weighted by molar-refractivity contribution is 0.290. The number of benzene rings is 1. The van der Waals surface area contributed by atoms with Crippen molar-refractivity contribution in [3.63, 3.8) is 0 Å². The van der Waals surface area contributed by atoms with Crippen LogP contribution in [0, 0.1) is 35.5 Å². The Balaban J connectivity index is 2.42. The molecule has 1 heteroatoms. The van der Waals surface area contributed by atoms with Crippen LogP contribution in [0.4, 0.5) is 0 Å². The molecule has 78 valence electrons. The lowest BCUT2D eigenvalue weighted by Gasteiger charge is -1.83. The average molecular weight is 208 g/mol. The molecule has 0 atom stereocenters. The highest BCUT2D eigenvalue weighted by molar-refractivity contribution is 5.42. The Morgan fingerprint density at radius 2 is 1.69 bits per heavy atom. The van der Waals surface area contributed by atoms with Gasteiger partial charge in [0.25, 0.3) is 0 Å². The van der Waals surface area contributed by atoms with Gasteiger partial charge < -0.3 is 5.11 Å². The SMILES string of the molecule is OCCCC#CC#CC#Cc1ccccc1. The van der Waals surface area contributed by atoms with Crippen LogP contribution < -0.4 is 0 Å². The standard InChI is InChI=1S/C15H12O/c16-14-10-5-3-1-2-4-7-11-15-12-8-6-9-13-15/h6,8-9,12-13,16H,5,10,14H2. The molecule has 0 amide bonds. The summed E-state index contributed by atoms with van der Waals surface area (Å²) in [7, 11) is 0. The zero-order chi connectivity index (χ0) is 11.5. The second kappa shape index (κ2) is 8.19. The summed E-state index contributed by atoms with van der Waals surface area (Å²) in [5.74, 6) is 16.5. The number of unbranched alkanes of at least 4 members (excludes halogenated alkanes) is 1. The first-order valence-electron chi connectivity index (χ1n) is 5.08. The maximum atomic E-state index is 8.51. The molecule has 1 aromatic rings. The van der Waals surface area contributed by atoms with Crippen LogP contribution in [0.15, 0.2) is 30.3 Å². The van der Waals surface area contributed by atoms with Gasteiger partial charge in [-0.3, -0.25) is 0 Å². The van der Waals surface area contributed by atoms with E-state index in [1.807, 2.05) is 30.3 Å². The summed E-state index contributed by atoms with van der Waals surface area (Å²) in [5.41, 5.74) is 0.949. The third kappa shape index (κ3) is 5.56. The number of aliphatic hydroxyl groups is 1. The Morgan fingerprint density at radius 3 is 2.44 bits per heavy atom. The third-order valence-corrected chi connectivity index (χ3v) is 1.72. The maximum Gasteiger partial charge on any atom is 0.0440 e. The summed E-state index contributed by atoms with van der Waals surface area (Å²) in [6.45, 7) is 0.177. The largest absolute Gasteiger partial charge is 0.396 e. The molecule has 0 spiro atoms. The zero-order valence-corrected chi connectivity index (χ0v) is 8.96. The van der Waals surface area contributed by atoms with E-state index in [4.69, 9.17) is 5.11 Å². The molecular formula is C15H12O. The Morgan fingerprint density at radius 1 is 0.938 bits per heavy atom. The van der Waals surface area contributed by atoms with Crippen LogP contribution in [-0.4, -0.2) is 11.7 Å².